The Hall–Kier alpha value is -3.07. The Morgan fingerprint density at radius 3 is 2.85 bits per heavy atom. The van der Waals surface area contributed by atoms with Crippen LogP contribution < -0.4 is 15.5 Å². The Morgan fingerprint density at radius 2 is 2.15 bits per heavy atom. The fraction of sp³-hybridized carbons (Fsp3) is 0.333. The molecule has 1 amide bonds. The van der Waals surface area contributed by atoms with E-state index < -0.39 is 11.7 Å². The number of anilines is 2. The third-order valence-corrected chi connectivity index (χ3v) is 4.71. The van der Waals surface area contributed by atoms with Crippen molar-refractivity contribution < 1.29 is 9.18 Å². The van der Waals surface area contributed by atoms with E-state index in [4.69, 9.17) is 0 Å². The molecule has 1 aliphatic rings. The molecular weight excluding hydrogens is 349 g/mol. The Morgan fingerprint density at radius 1 is 1.30 bits per heavy atom. The van der Waals surface area contributed by atoms with Crippen LogP contribution in [0.5, 0.6) is 0 Å². The average Bonchev–Trinajstić information content (AvgIpc) is 3.27. The zero-order chi connectivity index (χ0) is 19.0. The summed E-state index contributed by atoms with van der Waals surface area (Å²) in [5.74, 6) is -0.353. The van der Waals surface area contributed by atoms with Crippen molar-refractivity contribution in [3.8, 4) is 0 Å². The van der Waals surface area contributed by atoms with Crippen molar-refractivity contribution in [3.63, 3.8) is 0 Å². The predicted octanol–water partition coefficient (Wildman–Crippen LogP) is 1.62. The molecule has 4 heterocycles. The summed E-state index contributed by atoms with van der Waals surface area (Å²) in [5, 5.41) is 9.94. The first-order valence-electron chi connectivity index (χ1n) is 8.74. The second-order valence-electron chi connectivity index (χ2n) is 6.62. The third-order valence-electron chi connectivity index (χ3n) is 4.71. The van der Waals surface area contributed by atoms with Gasteiger partial charge in [0.2, 0.25) is 0 Å². The Balaban J connectivity index is 1.49. The second-order valence-corrected chi connectivity index (χ2v) is 6.62. The summed E-state index contributed by atoms with van der Waals surface area (Å²) < 4.78 is 15.7. The first kappa shape index (κ1) is 17.3. The van der Waals surface area contributed by atoms with Crippen molar-refractivity contribution >= 4 is 22.9 Å². The highest BCUT2D eigenvalue weighted by atomic mass is 19.1. The number of likely N-dealkylation sites (N-methyl/N-ethyl adjacent to an activating group) is 1. The van der Waals surface area contributed by atoms with E-state index in [2.05, 4.69) is 30.6 Å². The maximum absolute atomic E-state index is 14.2. The van der Waals surface area contributed by atoms with E-state index in [1.54, 1.807) is 12.3 Å². The van der Waals surface area contributed by atoms with Gasteiger partial charge in [-0.15, -0.1) is 0 Å². The normalized spacial score (nSPS) is 16.9. The van der Waals surface area contributed by atoms with Gasteiger partial charge < -0.3 is 15.5 Å². The van der Waals surface area contributed by atoms with Crippen molar-refractivity contribution in [2.24, 2.45) is 0 Å². The second kappa shape index (κ2) is 6.92. The van der Waals surface area contributed by atoms with Crippen molar-refractivity contribution in [3.05, 3.63) is 47.9 Å². The summed E-state index contributed by atoms with van der Waals surface area (Å²) in [5.41, 5.74) is 1.67. The van der Waals surface area contributed by atoms with Crippen LogP contribution in [0.4, 0.5) is 15.9 Å². The summed E-state index contributed by atoms with van der Waals surface area (Å²) in [6, 6.07) is 3.77. The van der Waals surface area contributed by atoms with Gasteiger partial charge in [-0.1, -0.05) is 0 Å². The lowest BCUT2D eigenvalue weighted by molar-refractivity contribution is 0.102. The number of halogens is 1. The fourth-order valence-electron chi connectivity index (χ4n) is 3.23. The molecule has 1 fully saturated rings. The SMILES string of the molecule is CN[C@@H]1CCN(c2cnc(C(=O)Nc3cc4cc(C)nn4cc3F)cn2)C1. The molecule has 27 heavy (non-hydrogen) atoms. The highest BCUT2D eigenvalue weighted by Crippen LogP contribution is 2.20. The minimum Gasteiger partial charge on any atom is -0.354 e. The number of amides is 1. The zero-order valence-corrected chi connectivity index (χ0v) is 15.1. The predicted molar refractivity (Wildman–Crippen MR) is 99.5 cm³/mol. The molecule has 3 aromatic rings. The molecule has 1 atom stereocenters. The largest absolute Gasteiger partial charge is 0.354 e. The van der Waals surface area contributed by atoms with Crippen molar-refractivity contribution in [1.29, 1.82) is 0 Å². The monoisotopic (exact) mass is 369 g/mol. The van der Waals surface area contributed by atoms with Crippen LogP contribution in [0, 0.1) is 12.7 Å². The van der Waals surface area contributed by atoms with Gasteiger partial charge in [0.05, 0.1) is 35.5 Å². The molecule has 0 aromatic carbocycles. The molecule has 8 nitrogen and oxygen atoms in total. The van der Waals surface area contributed by atoms with E-state index in [1.165, 1.54) is 23.0 Å². The number of fused-ring (bicyclic) bond motifs is 1. The highest BCUT2D eigenvalue weighted by molar-refractivity contribution is 6.03. The highest BCUT2D eigenvalue weighted by Gasteiger charge is 2.22. The summed E-state index contributed by atoms with van der Waals surface area (Å²) >= 11 is 0. The van der Waals surface area contributed by atoms with Gasteiger partial charge in [0, 0.05) is 19.1 Å². The van der Waals surface area contributed by atoms with Crippen LogP contribution in [0.1, 0.15) is 22.6 Å². The van der Waals surface area contributed by atoms with Gasteiger partial charge in [-0.2, -0.15) is 5.10 Å². The molecule has 9 heteroatoms. The summed E-state index contributed by atoms with van der Waals surface area (Å²) in [6.07, 6.45) is 5.26. The molecule has 2 N–H and O–H groups in total. The van der Waals surface area contributed by atoms with Gasteiger partial charge in [0.1, 0.15) is 11.5 Å². The number of rotatable bonds is 4. The van der Waals surface area contributed by atoms with E-state index in [1.807, 2.05) is 14.0 Å². The fourth-order valence-corrected chi connectivity index (χ4v) is 3.23. The van der Waals surface area contributed by atoms with Crippen LogP contribution in [0.25, 0.3) is 5.52 Å². The van der Waals surface area contributed by atoms with E-state index in [0.717, 1.165) is 31.0 Å². The van der Waals surface area contributed by atoms with Gasteiger partial charge >= 0.3 is 0 Å². The quantitative estimate of drug-likeness (QED) is 0.727. The lowest BCUT2D eigenvalue weighted by Gasteiger charge is -2.17. The van der Waals surface area contributed by atoms with Gasteiger partial charge in [-0.25, -0.2) is 18.9 Å². The summed E-state index contributed by atoms with van der Waals surface area (Å²) in [7, 11) is 1.94. The average molecular weight is 369 g/mol. The molecular formula is C18H20FN7O. The topological polar surface area (TPSA) is 87.5 Å². The Kier molecular flexibility index (Phi) is 4.44. The number of aromatic nitrogens is 4. The molecule has 1 saturated heterocycles. The van der Waals surface area contributed by atoms with E-state index in [9.17, 15) is 9.18 Å². The lowest BCUT2D eigenvalue weighted by Crippen LogP contribution is -2.30. The molecule has 0 aliphatic carbocycles. The Labute approximate surface area is 155 Å². The number of carbonyl (C=O) groups excluding carboxylic acids is 1. The first-order valence-corrected chi connectivity index (χ1v) is 8.74. The number of carbonyl (C=O) groups is 1. The molecule has 3 aromatic heterocycles. The summed E-state index contributed by atoms with van der Waals surface area (Å²) in [6.45, 7) is 3.56. The maximum Gasteiger partial charge on any atom is 0.275 e. The molecule has 4 rings (SSSR count). The van der Waals surface area contributed by atoms with E-state index >= 15 is 0 Å². The van der Waals surface area contributed by atoms with Gasteiger partial charge in [0.15, 0.2) is 5.82 Å². The van der Waals surface area contributed by atoms with Crippen LogP contribution in [-0.2, 0) is 0 Å². The molecule has 0 spiro atoms. The molecule has 1 aliphatic heterocycles. The Bertz CT molecular complexity index is 985. The number of nitrogens with zero attached hydrogens (tertiary/aromatic N) is 5. The standard InChI is InChI=1S/C18H20FN7O/c1-11-5-13-6-15(14(19)10-26(13)24-11)23-18(27)16-7-22-17(8-21-16)25-4-3-12(9-25)20-2/h5-8,10,12,20H,3-4,9H2,1-2H3,(H,23,27)/t12-/m1/s1. The van der Waals surface area contributed by atoms with Gasteiger partial charge in [-0.05, 0) is 32.5 Å². The van der Waals surface area contributed by atoms with E-state index in [0.29, 0.717) is 11.6 Å². The third kappa shape index (κ3) is 3.45. The van der Waals surface area contributed by atoms with Crippen LogP contribution in [0.15, 0.2) is 30.7 Å². The molecule has 0 radical (unpaired) electrons. The molecule has 0 saturated carbocycles. The minimum absolute atomic E-state index is 0.0784. The van der Waals surface area contributed by atoms with Crippen LogP contribution in [-0.4, -0.2) is 51.7 Å². The van der Waals surface area contributed by atoms with Crippen LogP contribution in [0.3, 0.4) is 0 Å². The maximum atomic E-state index is 14.2. The smallest absolute Gasteiger partial charge is 0.275 e. The van der Waals surface area contributed by atoms with Gasteiger partial charge in [-0.3, -0.25) is 4.79 Å². The minimum atomic E-state index is -0.571. The zero-order valence-electron chi connectivity index (χ0n) is 15.1. The van der Waals surface area contributed by atoms with Gasteiger partial charge in [0.25, 0.3) is 5.91 Å². The number of aryl methyl sites for hydroxylation is 1. The first-order chi connectivity index (χ1) is 13.0. The lowest BCUT2D eigenvalue weighted by atomic mass is 10.3. The summed E-state index contributed by atoms with van der Waals surface area (Å²) in [4.78, 5) is 23.1. The van der Waals surface area contributed by atoms with E-state index in [-0.39, 0.29) is 11.4 Å². The van der Waals surface area contributed by atoms with Crippen molar-refractivity contribution in [2.45, 2.75) is 19.4 Å². The molecule has 0 bridgehead atoms. The number of hydrogen-bond acceptors (Lipinski definition) is 6. The molecule has 0 unspecified atom stereocenters. The van der Waals surface area contributed by atoms with Crippen LogP contribution >= 0.6 is 0 Å². The van der Waals surface area contributed by atoms with Crippen molar-refractivity contribution in [2.75, 3.05) is 30.4 Å². The number of pyridine rings is 1. The number of nitrogens with one attached hydrogen (secondary N) is 2. The van der Waals surface area contributed by atoms with Crippen LogP contribution in [0.2, 0.25) is 0 Å². The number of hydrogen-bond donors (Lipinski definition) is 2. The molecule has 140 valence electrons. The van der Waals surface area contributed by atoms with Crippen molar-refractivity contribution in [1.82, 2.24) is 24.9 Å².